The summed E-state index contributed by atoms with van der Waals surface area (Å²) in [6.45, 7) is 0. The first-order chi connectivity index (χ1) is 17.2. The Labute approximate surface area is 205 Å². The van der Waals surface area contributed by atoms with Crippen molar-refractivity contribution in [1.82, 2.24) is 9.97 Å². The van der Waals surface area contributed by atoms with Crippen LogP contribution in [0.2, 0.25) is 0 Å². The number of hydrogen-bond acceptors (Lipinski definition) is 3. The van der Waals surface area contributed by atoms with Crippen molar-refractivity contribution in [2.45, 2.75) is 6.18 Å². The van der Waals surface area contributed by atoms with Gasteiger partial charge in [0, 0.05) is 42.3 Å². The van der Waals surface area contributed by atoms with E-state index in [1.54, 1.807) is 54.9 Å². The summed E-state index contributed by atoms with van der Waals surface area (Å²) in [4.78, 5) is 33.8. The molecule has 0 spiro atoms. The number of halogens is 3. The summed E-state index contributed by atoms with van der Waals surface area (Å²) in [5.74, 6) is -0.251. The molecule has 4 aromatic rings. The molecule has 0 atom stereocenters. The Kier molecular flexibility index (Phi) is 7.00. The van der Waals surface area contributed by atoms with Gasteiger partial charge in [-0.15, -0.1) is 0 Å². The van der Waals surface area contributed by atoms with E-state index in [1.807, 2.05) is 12.1 Å². The Bertz CT molecular complexity index is 1410. The van der Waals surface area contributed by atoms with Crippen LogP contribution in [0.15, 0.2) is 91.3 Å². The number of hydrogen-bond donors (Lipinski definition) is 2. The predicted molar refractivity (Wildman–Crippen MR) is 132 cm³/mol. The van der Waals surface area contributed by atoms with Gasteiger partial charge < -0.3 is 15.2 Å². The Morgan fingerprint density at radius 2 is 1.78 bits per heavy atom. The zero-order valence-electron chi connectivity index (χ0n) is 19.1. The minimum atomic E-state index is -4.51. The van der Waals surface area contributed by atoms with Crippen molar-refractivity contribution >= 4 is 29.3 Å². The van der Waals surface area contributed by atoms with Crippen molar-refractivity contribution in [3.05, 3.63) is 108 Å². The minimum absolute atomic E-state index is 0.116. The van der Waals surface area contributed by atoms with Gasteiger partial charge in [0.05, 0.1) is 11.3 Å². The Morgan fingerprint density at radius 1 is 1.00 bits per heavy atom. The number of H-pyrrole nitrogens is 1. The highest BCUT2D eigenvalue weighted by Crippen LogP contribution is 2.31. The molecule has 0 fully saturated rings. The van der Waals surface area contributed by atoms with Crippen LogP contribution in [0, 0.1) is 0 Å². The zero-order valence-corrected chi connectivity index (χ0v) is 19.1. The molecule has 2 N–H and O–H groups in total. The molecule has 1 heterocycles. The molecule has 3 aromatic carbocycles. The lowest BCUT2D eigenvalue weighted by Crippen LogP contribution is -2.26. The van der Waals surface area contributed by atoms with Crippen LogP contribution in [-0.2, 0) is 11.0 Å². The molecule has 36 heavy (non-hydrogen) atoms. The summed E-state index contributed by atoms with van der Waals surface area (Å²) < 4.78 is 39.1. The molecule has 0 saturated carbocycles. The number of amides is 2. The van der Waals surface area contributed by atoms with Gasteiger partial charge in [-0.25, -0.2) is 4.98 Å². The summed E-state index contributed by atoms with van der Waals surface area (Å²) in [7, 11) is 1.41. The van der Waals surface area contributed by atoms with E-state index in [0.29, 0.717) is 17.1 Å². The number of imidazole rings is 1. The van der Waals surface area contributed by atoms with Gasteiger partial charge in [-0.05, 0) is 54.1 Å². The van der Waals surface area contributed by atoms with Crippen LogP contribution in [0.1, 0.15) is 21.5 Å². The lowest BCUT2D eigenvalue weighted by Gasteiger charge is -2.19. The number of nitrogens with zero attached hydrogens (tertiary/aromatic N) is 2. The molecule has 182 valence electrons. The summed E-state index contributed by atoms with van der Waals surface area (Å²) >= 11 is 0. The van der Waals surface area contributed by atoms with Crippen LogP contribution >= 0.6 is 0 Å². The van der Waals surface area contributed by atoms with Crippen molar-refractivity contribution in [1.29, 1.82) is 0 Å². The van der Waals surface area contributed by atoms with E-state index in [9.17, 15) is 22.8 Å². The van der Waals surface area contributed by atoms with Gasteiger partial charge in [-0.1, -0.05) is 30.3 Å². The first-order valence-corrected chi connectivity index (χ1v) is 10.9. The third-order valence-electron chi connectivity index (χ3n) is 5.36. The smallest absolute Gasteiger partial charge is 0.345 e. The fraction of sp³-hybridized carbons (Fsp3) is 0.0741. The summed E-state index contributed by atoms with van der Waals surface area (Å²) in [5, 5.41) is 2.81. The molecule has 0 radical (unpaired) electrons. The molecular weight excluding hydrogens is 469 g/mol. The van der Waals surface area contributed by atoms with Gasteiger partial charge in [-0.3, -0.25) is 9.59 Å². The summed E-state index contributed by atoms with van der Waals surface area (Å²) in [5.41, 5.74) is 1.43. The monoisotopic (exact) mass is 490 g/mol. The Hall–Kier alpha value is -4.66. The highest BCUT2D eigenvalue weighted by Gasteiger charge is 2.31. The lowest BCUT2D eigenvalue weighted by molar-refractivity contribution is -0.137. The number of aromatic amines is 1. The molecule has 2 amide bonds. The van der Waals surface area contributed by atoms with Crippen molar-refractivity contribution in [2.75, 3.05) is 17.3 Å². The molecular formula is C27H21F3N4O2. The minimum Gasteiger partial charge on any atom is -0.345 e. The molecule has 0 bridgehead atoms. The zero-order chi connectivity index (χ0) is 25.7. The van der Waals surface area contributed by atoms with Gasteiger partial charge in [0.1, 0.15) is 5.82 Å². The first-order valence-electron chi connectivity index (χ1n) is 10.9. The van der Waals surface area contributed by atoms with Crippen molar-refractivity contribution in [3.8, 4) is 11.4 Å². The van der Waals surface area contributed by atoms with Gasteiger partial charge >= 0.3 is 6.18 Å². The normalized spacial score (nSPS) is 11.4. The Balaban J connectivity index is 1.47. The SMILES string of the molecule is CN(C(=O)c1cccc(C=CC(=O)Nc2ccccc2-c2ncc[nH]2)c1)c1cccc(C(F)(F)F)c1. The van der Waals surface area contributed by atoms with Crippen molar-refractivity contribution in [3.63, 3.8) is 0 Å². The number of anilines is 2. The second kappa shape index (κ2) is 10.3. The van der Waals surface area contributed by atoms with Crippen LogP contribution in [-0.4, -0.2) is 28.8 Å². The maximum atomic E-state index is 13.0. The van der Waals surface area contributed by atoms with Crippen molar-refractivity contribution in [2.24, 2.45) is 0 Å². The largest absolute Gasteiger partial charge is 0.416 e. The Morgan fingerprint density at radius 3 is 2.53 bits per heavy atom. The van der Waals surface area contributed by atoms with E-state index in [-0.39, 0.29) is 17.2 Å². The molecule has 0 aliphatic rings. The topological polar surface area (TPSA) is 78.1 Å². The quantitative estimate of drug-likeness (QED) is 0.324. The third-order valence-corrected chi connectivity index (χ3v) is 5.36. The second-order valence-electron chi connectivity index (χ2n) is 7.84. The van der Waals surface area contributed by atoms with E-state index in [2.05, 4.69) is 15.3 Å². The summed E-state index contributed by atoms with van der Waals surface area (Å²) in [6, 6.07) is 18.2. The molecule has 0 unspecified atom stereocenters. The molecule has 9 heteroatoms. The number of carbonyl (C=O) groups is 2. The number of alkyl halides is 3. The van der Waals surface area contributed by atoms with Crippen LogP contribution < -0.4 is 10.2 Å². The van der Waals surface area contributed by atoms with E-state index < -0.39 is 17.6 Å². The van der Waals surface area contributed by atoms with E-state index in [0.717, 1.165) is 22.6 Å². The van der Waals surface area contributed by atoms with Gasteiger partial charge in [0.25, 0.3) is 5.91 Å². The number of nitrogens with one attached hydrogen (secondary N) is 2. The molecule has 0 aliphatic carbocycles. The molecule has 1 aromatic heterocycles. The molecule has 4 rings (SSSR count). The van der Waals surface area contributed by atoms with Crippen molar-refractivity contribution < 1.29 is 22.8 Å². The second-order valence-corrected chi connectivity index (χ2v) is 7.84. The standard InChI is InChI=1S/C27H21F3N4O2/c1-34(21-9-5-8-20(17-21)27(28,29)30)26(36)19-7-4-6-18(16-19)12-13-24(35)33-23-11-3-2-10-22(23)25-31-14-15-32-25/h2-17H,1H3,(H,31,32)(H,33,35). The summed E-state index contributed by atoms with van der Waals surface area (Å²) in [6.07, 6.45) is 1.67. The van der Waals surface area contributed by atoms with E-state index in [1.165, 1.54) is 25.3 Å². The fourth-order valence-corrected chi connectivity index (χ4v) is 3.53. The number of rotatable bonds is 6. The van der Waals surface area contributed by atoms with E-state index >= 15 is 0 Å². The average Bonchev–Trinajstić information content (AvgIpc) is 3.41. The number of benzene rings is 3. The lowest BCUT2D eigenvalue weighted by atomic mass is 10.1. The maximum Gasteiger partial charge on any atom is 0.416 e. The maximum absolute atomic E-state index is 13.0. The number of aromatic nitrogens is 2. The van der Waals surface area contributed by atoms with E-state index in [4.69, 9.17) is 0 Å². The number of carbonyl (C=O) groups excluding carboxylic acids is 2. The highest BCUT2D eigenvalue weighted by molar-refractivity contribution is 6.07. The van der Waals surface area contributed by atoms with Crippen LogP contribution in [0.4, 0.5) is 24.5 Å². The molecule has 0 aliphatic heterocycles. The van der Waals surface area contributed by atoms with Crippen LogP contribution in [0.5, 0.6) is 0 Å². The fourth-order valence-electron chi connectivity index (χ4n) is 3.53. The first kappa shape index (κ1) is 24.5. The molecule has 6 nitrogen and oxygen atoms in total. The van der Waals surface area contributed by atoms with Crippen LogP contribution in [0.25, 0.3) is 17.5 Å². The van der Waals surface area contributed by atoms with Crippen LogP contribution in [0.3, 0.4) is 0 Å². The molecule has 0 saturated heterocycles. The van der Waals surface area contributed by atoms with Gasteiger partial charge in [0.2, 0.25) is 5.91 Å². The third kappa shape index (κ3) is 5.69. The highest BCUT2D eigenvalue weighted by atomic mass is 19.4. The predicted octanol–water partition coefficient (Wildman–Crippen LogP) is 6.02. The van der Waals surface area contributed by atoms with Gasteiger partial charge in [0.15, 0.2) is 0 Å². The number of para-hydroxylation sites is 1. The van der Waals surface area contributed by atoms with Gasteiger partial charge in [-0.2, -0.15) is 13.2 Å². The average molecular weight is 490 g/mol.